The number of aromatic nitrogens is 3. The Hall–Kier alpha value is -3.39. The largest absolute Gasteiger partial charge is 0.497 e. The lowest BCUT2D eigenvalue weighted by atomic mass is 10.2. The number of nitrogens with zero attached hydrogens (tertiary/aromatic N) is 3. The molecule has 0 radical (unpaired) electrons. The van der Waals surface area contributed by atoms with E-state index in [0.717, 1.165) is 16.9 Å². The molecule has 2 aromatic carbocycles. The van der Waals surface area contributed by atoms with Gasteiger partial charge in [-0.1, -0.05) is 23.5 Å². The van der Waals surface area contributed by atoms with E-state index >= 15 is 0 Å². The molecular weight excluding hydrogens is 378 g/mol. The number of benzene rings is 2. The highest BCUT2D eigenvalue weighted by Gasteiger charge is 2.14. The van der Waals surface area contributed by atoms with Crippen LogP contribution in [0.3, 0.4) is 0 Å². The smallest absolute Gasteiger partial charge is 0.291 e. The van der Waals surface area contributed by atoms with Crippen molar-refractivity contribution in [1.82, 2.24) is 14.6 Å². The molecule has 28 heavy (non-hydrogen) atoms. The van der Waals surface area contributed by atoms with Gasteiger partial charge in [0, 0.05) is 5.56 Å². The van der Waals surface area contributed by atoms with Crippen LogP contribution in [0.1, 0.15) is 5.56 Å². The summed E-state index contributed by atoms with van der Waals surface area (Å²) in [5.74, 6) is 2.38. The predicted octanol–water partition coefficient (Wildman–Crippen LogP) is 2.39. The molecule has 0 unspecified atom stereocenters. The quantitative estimate of drug-likeness (QED) is 0.517. The molecule has 0 aliphatic carbocycles. The zero-order valence-corrected chi connectivity index (χ0v) is 16.3. The van der Waals surface area contributed by atoms with Crippen LogP contribution in [0.25, 0.3) is 22.4 Å². The van der Waals surface area contributed by atoms with Gasteiger partial charge in [0.15, 0.2) is 17.3 Å². The highest BCUT2D eigenvalue weighted by atomic mass is 32.1. The SMILES string of the molecule is COc1cccc(/C=c2/sc3nc(-c4ccc(OC)c(OC)c4)nn3c2=O)c1. The van der Waals surface area contributed by atoms with Crippen molar-refractivity contribution in [3.8, 4) is 28.6 Å². The molecule has 0 bridgehead atoms. The molecule has 4 rings (SSSR count). The van der Waals surface area contributed by atoms with E-state index in [4.69, 9.17) is 14.2 Å². The Morgan fingerprint density at radius 1 is 1.00 bits per heavy atom. The molecule has 142 valence electrons. The summed E-state index contributed by atoms with van der Waals surface area (Å²) in [7, 11) is 4.75. The van der Waals surface area contributed by atoms with Gasteiger partial charge in [-0.05, 0) is 42.0 Å². The van der Waals surface area contributed by atoms with E-state index in [2.05, 4.69) is 10.1 Å². The van der Waals surface area contributed by atoms with Gasteiger partial charge in [0.05, 0.1) is 25.9 Å². The molecule has 0 saturated carbocycles. The lowest BCUT2D eigenvalue weighted by molar-refractivity contribution is 0.355. The number of hydrogen-bond donors (Lipinski definition) is 0. The summed E-state index contributed by atoms with van der Waals surface area (Å²) in [6, 6.07) is 12.9. The predicted molar refractivity (Wildman–Crippen MR) is 107 cm³/mol. The summed E-state index contributed by atoms with van der Waals surface area (Å²) in [6.45, 7) is 0. The van der Waals surface area contributed by atoms with Crippen LogP contribution in [0, 0.1) is 0 Å². The molecule has 4 aromatic rings. The minimum Gasteiger partial charge on any atom is -0.497 e. The maximum Gasteiger partial charge on any atom is 0.291 e. The molecule has 7 nitrogen and oxygen atoms in total. The third-order valence-electron chi connectivity index (χ3n) is 4.22. The van der Waals surface area contributed by atoms with Crippen molar-refractivity contribution in [1.29, 1.82) is 0 Å². The van der Waals surface area contributed by atoms with Gasteiger partial charge in [-0.2, -0.15) is 9.50 Å². The van der Waals surface area contributed by atoms with Gasteiger partial charge >= 0.3 is 0 Å². The van der Waals surface area contributed by atoms with Crippen molar-refractivity contribution in [2.45, 2.75) is 0 Å². The van der Waals surface area contributed by atoms with E-state index in [1.807, 2.05) is 36.4 Å². The number of methoxy groups -OCH3 is 3. The van der Waals surface area contributed by atoms with Crippen LogP contribution in [0.5, 0.6) is 17.2 Å². The Morgan fingerprint density at radius 2 is 1.82 bits per heavy atom. The number of ether oxygens (including phenoxy) is 3. The first kappa shape index (κ1) is 18.0. The molecule has 0 atom stereocenters. The van der Waals surface area contributed by atoms with Crippen LogP contribution >= 0.6 is 11.3 Å². The molecule has 0 spiro atoms. The fourth-order valence-corrected chi connectivity index (χ4v) is 3.72. The van der Waals surface area contributed by atoms with E-state index in [0.29, 0.717) is 26.8 Å². The number of rotatable bonds is 5. The van der Waals surface area contributed by atoms with Crippen molar-refractivity contribution in [2.75, 3.05) is 21.3 Å². The minimum absolute atomic E-state index is 0.206. The number of fused-ring (bicyclic) bond motifs is 1. The molecule has 8 heteroatoms. The number of hydrogen-bond acceptors (Lipinski definition) is 7. The Bertz CT molecular complexity index is 1260. The van der Waals surface area contributed by atoms with Crippen molar-refractivity contribution >= 4 is 22.4 Å². The van der Waals surface area contributed by atoms with Gasteiger partial charge in [0.25, 0.3) is 5.56 Å². The van der Waals surface area contributed by atoms with E-state index in [1.54, 1.807) is 33.5 Å². The third kappa shape index (κ3) is 3.18. The second-order valence-corrected chi connectivity index (χ2v) is 6.90. The molecule has 0 saturated heterocycles. The Labute approximate surface area is 164 Å². The first-order valence-electron chi connectivity index (χ1n) is 8.40. The summed E-state index contributed by atoms with van der Waals surface area (Å²) < 4.78 is 17.7. The maximum absolute atomic E-state index is 12.7. The summed E-state index contributed by atoms with van der Waals surface area (Å²) >= 11 is 1.29. The Morgan fingerprint density at radius 3 is 2.54 bits per heavy atom. The van der Waals surface area contributed by atoms with Gasteiger partial charge in [-0.25, -0.2) is 0 Å². The monoisotopic (exact) mass is 395 g/mol. The molecule has 0 amide bonds. The van der Waals surface area contributed by atoms with Crippen LogP contribution in [0.15, 0.2) is 47.3 Å². The molecule has 0 N–H and O–H groups in total. The molecule has 0 fully saturated rings. The zero-order valence-electron chi connectivity index (χ0n) is 15.5. The van der Waals surface area contributed by atoms with Crippen LogP contribution in [-0.4, -0.2) is 35.9 Å². The zero-order chi connectivity index (χ0) is 19.7. The summed E-state index contributed by atoms with van der Waals surface area (Å²) in [4.78, 5) is 17.8. The van der Waals surface area contributed by atoms with Crippen LogP contribution < -0.4 is 24.3 Å². The summed E-state index contributed by atoms with van der Waals surface area (Å²) in [5, 5.41) is 4.37. The van der Waals surface area contributed by atoms with Crippen molar-refractivity contribution in [3.63, 3.8) is 0 Å². The molecule has 0 aliphatic rings. The van der Waals surface area contributed by atoms with E-state index in [9.17, 15) is 4.79 Å². The average molecular weight is 395 g/mol. The lowest BCUT2D eigenvalue weighted by Crippen LogP contribution is -2.23. The van der Waals surface area contributed by atoms with E-state index in [1.165, 1.54) is 15.9 Å². The van der Waals surface area contributed by atoms with Gasteiger partial charge in [-0.15, -0.1) is 5.10 Å². The first-order valence-corrected chi connectivity index (χ1v) is 9.22. The second-order valence-electron chi connectivity index (χ2n) is 5.89. The normalized spacial score (nSPS) is 11.8. The minimum atomic E-state index is -0.206. The Kier molecular flexibility index (Phi) is 4.70. The summed E-state index contributed by atoms with van der Waals surface area (Å²) in [5.41, 5.74) is 1.41. The molecule has 0 aliphatic heterocycles. The summed E-state index contributed by atoms with van der Waals surface area (Å²) in [6.07, 6.45) is 1.81. The highest BCUT2D eigenvalue weighted by Crippen LogP contribution is 2.31. The Balaban J connectivity index is 1.76. The molecule has 2 aromatic heterocycles. The molecule has 2 heterocycles. The second kappa shape index (κ2) is 7.32. The van der Waals surface area contributed by atoms with Crippen LogP contribution in [-0.2, 0) is 0 Å². The number of thiazole rings is 1. The van der Waals surface area contributed by atoms with Crippen LogP contribution in [0.4, 0.5) is 0 Å². The van der Waals surface area contributed by atoms with Gasteiger partial charge in [0.1, 0.15) is 5.75 Å². The fourth-order valence-electron chi connectivity index (χ4n) is 2.81. The molecular formula is C20H17N3O4S. The lowest BCUT2D eigenvalue weighted by Gasteiger charge is -2.07. The average Bonchev–Trinajstić information content (AvgIpc) is 3.27. The topological polar surface area (TPSA) is 74.9 Å². The van der Waals surface area contributed by atoms with Crippen molar-refractivity contribution in [2.24, 2.45) is 0 Å². The van der Waals surface area contributed by atoms with Crippen molar-refractivity contribution in [3.05, 3.63) is 62.9 Å². The third-order valence-corrected chi connectivity index (χ3v) is 5.17. The van der Waals surface area contributed by atoms with Crippen molar-refractivity contribution < 1.29 is 14.2 Å². The van der Waals surface area contributed by atoms with Gasteiger partial charge < -0.3 is 14.2 Å². The van der Waals surface area contributed by atoms with Crippen LogP contribution in [0.2, 0.25) is 0 Å². The van der Waals surface area contributed by atoms with Gasteiger partial charge in [-0.3, -0.25) is 4.79 Å². The standard InChI is InChI=1S/C20H17N3O4S/c1-25-14-6-4-5-12(9-14)10-17-19(24)23-20(28-17)21-18(22-23)13-7-8-15(26-2)16(11-13)27-3/h4-11H,1-3H3/b17-10+. The highest BCUT2D eigenvalue weighted by molar-refractivity contribution is 7.15. The first-order chi connectivity index (χ1) is 13.6. The fraction of sp³-hybridized carbons (Fsp3) is 0.150. The van der Waals surface area contributed by atoms with E-state index in [-0.39, 0.29) is 5.56 Å². The maximum atomic E-state index is 12.7. The van der Waals surface area contributed by atoms with E-state index < -0.39 is 0 Å². The van der Waals surface area contributed by atoms with Gasteiger partial charge in [0.2, 0.25) is 4.96 Å².